The van der Waals surface area contributed by atoms with Crippen molar-refractivity contribution < 1.29 is 4.79 Å². The largest absolute Gasteiger partial charge is 0.340 e. The molecule has 3 nitrogen and oxygen atoms in total. The third-order valence-corrected chi connectivity index (χ3v) is 3.05. The maximum absolute atomic E-state index is 11.9. The van der Waals surface area contributed by atoms with E-state index in [1.54, 1.807) is 0 Å². The molecule has 3 heteroatoms. The predicted molar refractivity (Wildman–Crippen MR) is 73.7 cm³/mol. The van der Waals surface area contributed by atoms with Gasteiger partial charge in [0.2, 0.25) is 5.91 Å². The summed E-state index contributed by atoms with van der Waals surface area (Å²) in [6.07, 6.45) is 0. The fourth-order valence-electron chi connectivity index (χ4n) is 1.93. The molecule has 1 aromatic carbocycles. The molecule has 0 spiro atoms. The van der Waals surface area contributed by atoms with Gasteiger partial charge >= 0.3 is 0 Å². The zero-order valence-corrected chi connectivity index (χ0v) is 11.0. The monoisotopic (exact) mass is 242 g/mol. The third-order valence-electron chi connectivity index (χ3n) is 3.05. The van der Waals surface area contributed by atoms with Crippen LogP contribution in [0.1, 0.15) is 17.0 Å². The van der Waals surface area contributed by atoms with Gasteiger partial charge in [-0.25, -0.2) is 0 Å². The zero-order chi connectivity index (χ0) is 13.1. The van der Waals surface area contributed by atoms with Crippen molar-refractivity contribution in [3.8, 4) is 0 Å². The van der Waals surface area contributed by atoms with Crippen molar-refractivity contribution in [3.05, 3.63) is 53.3 Å². The van der Waals surface area contributed by atoms with Gasteiger partial charge in [0.25, 0.3) is 0 Å². The zero-order valence-electron chi connectivity index (χ0n) is 11.0. The SMILES string of the molecule is Cc1ccc(NC(=O)Cn2c(C)ccc2C)cc1. The number of amides is 1. The Balaban J connectivity index is 2.03. The number of nitrogens with one attached hydrogen (secondary N) is 1. The molecule has 0 fully saturated rings. The molecule has 0 aliphatic carbocycles. The first-order valence-electron chi connectivity index (χ1n) is 6.05. The fourth-order valence-corrected chi connectivity index (χ4v) is 1.93. The second kappa shape index (κ2) is 5.08. The maximum atomic E-state index is 11.9. The third kappa shape index (κ3) is 2.80. The number of aryl methyl sites for hydroxylation is 3. The Bertz CT molecular complexity index is 533. The number of carbonyl (C=O) groups excluding carboxylic acids is 1. The number of nitrogens with zero attached hydrogens (tertiary/aromatic N) is 1. The first-order valence-corrected chi connectivity index (χ1v) is 6.05. The van der Waals surface area contributed by atoms with Crippen molar-refractivity contribution in [2.75, 3.05) is 5.32 Å². The molecule has 0 aliphatic heterocycles. The normalized spacial score (nSPS) is 10.4. The van der Waals surface area contributed by atoms with Crippen molar-refractivity contribution in [2.45, 2.75) is 27.3 Å². The minimum Gasteiger partial charge on any atom is -0.340 e. The Kier molecular flexibility index (Phi) is 3.51. The van der Waals surface area contributed by atoms with Crippen LogP contribution in [-0.2, 0) is 11.3 Å². The van der Waals surface area contributed by atoms with Gasteiger partial charge in [-0.05, 0) is 45.0 Å². The highest BCUT2D eigenvalue weighted by atomic mass is 16.1. The molecule has 1 amide bonds. The van der Waals surface area contributed by atoms with E-state index in [9.17, 15) is 4.79 Å². The lowest BCUT2D eigenvalue weighted by molar-refractivity contribution is -0.116. The Hall–Kier alpha value is -2.03. The van der Waals surface area contributed by atoms with E-state index in [0.29, 0.717) is 6.54 Å². The molecule has 0 saturated heterocycles. The molecule has 1 aromatic heterocycles. The van der Waals surface area contributed by atoms with E-state index in [2.05, 4.69) is 5.32 Å². The van der Waals surface area contributed by atoms with Crippen molar-refractivity contribution in [2.24, 2.45) is 0 Å². The van der Waals surface area contributed by atoms with Gasteiger partial charge in [-0.2, -0.15) is 0 Å². The Morgan fingerprint density at radius 3 is 2.11 bits per heavy atom. The minimum absolute atomic E-state index is 0.00116. The summed E-state index contributed by atoms with van der Waals surface area (Å²) in [5.74, 6) is 0.00116. The van der Waals surface area contributed by atoms with Crippen LogP contribution in [0.25, 0.3) is 0 Å². The highest BCUT2D eigenvalue weighted by molar-refractivity contribution is 5.90. The summed E-state index contributed by atoms with van der Waals surface area (Å²) in [7, 11) is 0. The summed E-state index contributed by atoms with van der Waals surface area (Å²) in [5.41, 5.74) is 4.23. The van der Waals surface area contributed by atoms with E-state index in [-0.39, 0.29) is 5.91 Å². The predicted octanol–water partition coefficient (Wildman–Crippen LogP) is 3.05. The quantitative estimate of drug-likeness (QED) is 0.882. The van der Waals surface area contributed by atoms with E-state index in [1.165, 1.54) is 5.56 Å². The number of anilines is 1. The number of hydrogen-bond donors (Lipinski definition) is 1. The molecule has 0 aliphatic rings. The second-order valence-corrected chi connectivity index (χ2v) is 4.62. The van der Waals surface area contributed by atoms with Gasteiger partial charge in [-0.15, -0.1) is 0 Å². The summed E-state index contributed by atoms with van der Waals surface area (Å²) >= 11 is 0. The van der Waals surface area contributed by atoms with Crippen molar-refractivity contribution >= 4 is 11.6 Å². The smallest absolute Gasteiger partial charge is 0.244 e. The average molecular weight is 242 g/mol. The van der Waals surface area contributed by atoms with Gasteiger partial charge in [0.05, 0.1) is 0 Å². The molecule has 0 radical (unpaired) electrons. The van der Waals surface area contributed by atoms with E-state index in [0.717, 1.165) is 17.1 Å². The topological polar surface area (TPSA) is 34.0 Å². The molecule has 94 valence electrons. The van der Waals surface area contributed by atoms with Crippen LogP contribution in [0.15, 0.2) is 36.4 Å². The molecule has 0 atom stereocenters. The van der Waals surface area contributed by atoms with Crippen molar-refractivity contribution in [1.29, 1.82) is 0 Å². The van der Waals surface area contributed by atoms with Crippen molar-refractivity contribution in [1.82, 2.24) is 4.57 Å². The van der Waals surface area contributed by atoms with Crippen LogP contribution in [-0.4, -0.2) is 10.5 Å². The van der Waals surface area contributed by atoms with Crippen LogP contribution in [0.5, 0.6) is 0 Å². The van der Waals surface area contributed by atoms with E-state index in [4.69, 9.17) is 0 Å². The fraction of sp³-hybridized carbons (Fsp3) is 0.267. The number of rotatable bonds is 3. The van der Waals surface area contributed by atoms with Gasteiger partial charge in [0, 0.05) is 17.1 Å². The Labute approximate surface area is 107 Å². The molecule has 2 rings (SSSR count). The molecule has 2 aromatic rings. The van der Waals surface area contributed by atoms with Gasteiger partial charge in [0.15, 0.2) is 0 Å². The maximum Gasteiger partial charge on any atom is 0.244 e. The molecule has 0 saturated carbocycles. The molecular formula is C15H18N2O. The number of benzene rings is 1. The highest BCUT2D eigenvalue weighted by Crippen LogP contribution is 2.10. The molecular weight excluding hydrogens is 224 g/mol. The minimum atomic E-state index is 0.00116. The van der Waals surface area contributed by atoms with Crippen LogP contribution >= 0.6 is 0 Å². The average Bonchev–Trinajstić information content (AvgIpc) is 2.64. The highest BCUT2D eigenvalue weighted by Gasteiger charge is 2.07. The summed E-state index contributed by atoms with van der Waals surface area (Å²) in [6, 6.07) is 11.9. The van der Waals surface area contributed by atoms with Gasteiger partial charge in [-0.3, -0.25) is 4.79 Å². The standard InChI is InChI=1S/C15H18N2O/c1-11-4-8-14(9-5-11)16-15(18)10-17-12(2)6-7-13(17)3/h4-9H,10H2,1-3H3,(H,16,18). The van der Waals surface area contributed by atoms with E-state index < -0.39 is 0 Å². The van der Waals surface area contributed by atoms with Crippen LogP contribution in [0.3, 0.4) is 0 Å². The van der Waals surface area contributed by atoms with Crippen LogP contribution in [0.4, 0.5) is 5.69 Å². The van der Waals surface area contributed by atoms with Gasteiger partial charge in [-0.1, -0.05) is 17.7 Å². The Morgan fingerprint density at radius 1 is 1.00 bits per heavy atom. The summed E-state index contributed by atoms with van der Waals surface area (Å²) in [5, 5.41) is 2.90. The van der Waals surface area contributed by atoms with Crippen LogP contribution in [0, 0.1) is 20.8 Å². The lowest BCUT2D eigenvalue weighted by Crippen LogP contribution is -2.20. The number of aromatic nitrogens is 1. The van der Waals surface area contributed by atoms with Gasteiger partial charge < -0.3 is 9.88 Å². The molecule has 0 bridgehead atoms. The van der Waals surface area contributed by atoms with Crippen LogP contribution in [0.2, 0.25) is 0 Å². The second-order valence-electron chi connectivity index (χ2n) is 4.62. The summed E-state index contributed by atoms with van der Waals surface area (Å²) in [6.45, 7) is 6.40. The lowest BCUT2D eigenvalue weighted by Gasteiger charge is -2.10. The van der Waals surface area contributed by atoms with E-state index >= 15 is 0 Å². The molecule has 1 N–H and O–H groups in total. The van der Waals surface area contributed by atoms with Crippen LogP contribution < -0.4 is 5.32 Å². The molecule has 18 heavy (non-hydrogen) atoms. The number of hydrogen-bond acceptors (Lipinski definition) is 1. The first-order chi connectivity index (χ1) is 8.56. The summed E-state index contributed by atoms with van der Waals surface area (Å²) in [4.78, 5) is 11.9. The first kappa shape index (κ1) is 12.4. The molecule has 0 unspecified atom stereocenters. The van der Waals surface area contributed by atoms with Crippen molar-refractivity contribution in [3.63, 3.8) is 0 Å². The Morgan fingerprint density at radius 2 is 1.56 bits per heavy atom. The summed E-state index contributed by atoms with van der Waals surface area (Å²) < 4.78 is 2.00. The van der Waals surface area contributed by atoms with Gasteiger partial charge in [0.1, 0.15) is 6.54 Å². The molecule has 1 heterocycles. The lowest BCUT2D eigenvalue weighted by atomic mass is 10.2. The number of carbonyl (C=O) groups is 1. The van der Waals surface area contributed by atoms with E-state index in [1.807, 2.05) is 61.7 Å².